The zero-order valence-corrected chi connectivity index (χ0v) is 51.8. The summed E-state index contributed by atoms with van der Waals surface area (Å²) in [7, 11) is 5.81. The van der Waals surface area contributed by atoms with Crippen LogP contribution in [-0.2, 0) is 47.7 Å². The predicted molar refractivity (Wildman–Crippen MR) is 333 cm³/mol. The average molecular weight is 1340 g/mol. The molecule has 0 aliphatic heterocycles. The fourth-order valence-electron chi connectivity index (χ4n) is 8.06. The summed E-state index contributed by atoms with van der Waals surface area (Å²) in [4.78, 5) is 173. The molecule has 5 aromatic rings. The number of hydrogen-bond acceptors (Lipinski definition) is 25. The first-order chi connectivity index (χ1) is 45.6. The van der Waals surface area contributed by atoms with Crippen molar-refractivity contribution in [3.63, 3.8) is 0 Å². The summed E-state index contributed by atoms with van der Waals surface area (Å²) in [5, 5.41) is 66.1. The second kappa shape index (κ2) is 39.5. The Morgan fingerprint density at radius 2 is 0.510 bits per heavy atom. The zero-order valence-electron chi connectivity index (χ0n) is 51.8. The van der Waals surface area contributed by atoms with Crippen LogP contribution in [0.2, 0.25) is 0 Å². The molecule has 5 atom stereocenters. The van der Waals surface area contributed by atoms with Gasteiger partial charge in [0.1, 0.15) is 30.2 Å². The Kier molecular flexibility index (Phi) is 31.9. The van der Waals surface area contributed by atoms with E-state index in [0.29, 0.717) is 12.8 Å². The molecule has 0 heterocycles. The molecule has 0 radical (unpaired) electrons. The van der Waals surface area contributed by atoms with Crippen LogP contribution < -0.4 is 26.6 Å². The van der Waals surface area contributed by atoms with E-state index in [4.69, 9.17) is 18.9 Å². The molecule has 5 rings (SSSR count). The molecule has 96 heavy (non-hydrogen) atoms. The lowest BCUT2D eigenvalue weighted by molar-refractivity contribution is -0.385. The Labute approximate surface area is 544 Å². The number of nitrogens with one attached hydrogen (secondary N) is 5. The highest BCUT2D eigenvalue weighted by molar-refractivity contribution is 6.00. The van der Waals surface area contributed by atoms with Crippen LogP contribution in [0.5, 0.6) is 0 Å². The van der Waals surface area contributed by atoms with Crippen LogP contribution in [0.25, 0.3) is 0 Å². The Balaban J connectivity index is 0.000000394. The van der Waals surface area contributed by atoms with Crippen molar-refractivity contribution in [1.29, 1.82) is 0 Å². The van der Waals surface area contributed by atoms with Crippen LogP contribution >= 0.6 is 0 Å². The van der Waals surface area contributed by atoms with Gasteiger partial charge in [-0.3, -0.25) is 74.5 Å². The number of nitro groups is 5. The number of hydrogen-bond donors (Lipinski definition) is 5. The summed E-state index contributed by atoms with van der Waals surface area (Å²) in [6.45, 7) is 3.49. The van der Waals surface area contributed by atoms with E-state index in [9.17, 15) is 98.5 Å². The maximum absolute atomic E-state index is 12.5. The third-order valence-electron chi connectivity index (χ3n) is 13.2. The smallest absolute Gasteiger partial charge is 0.328 e. The topological polar surface area (TPSA) is 493 Å². The number of ether oxygens (including phenoxy) is 5. The number of carbonyl (C=O) groups is 10. The SMILES string of the molecule is C=CC[C@H](NC(=O)c1ccc([N+](=O)[O-])cc1)C(=O)OC.COC(=O)[C@H](CC=CC[C@H](NC(=O)c1ccc([N+](=O)[O-])cc1)C(=O)OC)NC(=O)c1ccc([N+](=O)[O-])cc1.COC(=O)[C@H](CCCC[C@H](NC(=O)c1ccc([N+](=O)[O-])cc1)C(=O)OC)NC(=O)c1ccc([N+](=O)[O-])cc1. The minimum absolute atomic E-state index is 0.0322. The molecule has 508 valence electrons. The highest BCUT2D eigenvalue weighted by atomic mass is 16.6. The van der Waals surface area contributed by atoms with Gasteiger partial charge in [0.25, 0.3) is 58.0 Å². The second-order valence-electron chi connectivity index (χ2n) is 19.5. The van der Waals surface area contributed by atoms with E-state index in [-0.39, 0.29) is 88.4 Å². The van der Waals surface area contributed by atoms with Crippen molar-refractivity contribution in [2.45, 2.75) is 75.2 Å². The van der Waals surface area contributed by atoms with E-state index in [1.54, 1.807) is 0 Å². The number of rotatable bonds is 31. The molecule has 0 aliphatic carbocycles. The third-order valence-corrected chi connectivity index (χ3v) is 13.2. The molecule has 0 spiro atoms. The van der Waals surface area contributed by atoms with Crippen LogP contribution in [-0.4, -0.2) is 150 Å². The van der Waals surface area contributed by atoms with E-state index in [0.717, 1.165) is 52.7 Å². The lowest BCUT2D eigenvalue weighted by Crippen LogP contribution is -2.42. The normalized spacial score (nSPS) is 11.9. The molecule has 0 aliphatic rings. The van der Waals surface area contributed by atoms with Gasteiger partial charge in [0.2, 0.25) is 0 Å². The molecule has 0 saturated carbocycles. The molecule has 0 aromatic heterocycles. The summed E-state index contributed by atoms with van der Waals surface area (Å²) in [6.07, 6.45) is 5.62. The average Bonchev–Trinajstić information content (AvgIpc) is 1.01. The maximum atomic E-state index is 12.5. The molecule has 35 heteroatoms. The Morgan fingerprint density at radius 1 is 0.333 bits per heavy atom. The first kappa shape index (κ1) is 77.5. The fourth-order valence-corrected chi connectivity index (χ4v) is 8.06. The van der Waals surface area contributed by atoms with Gasteiger partial charge in [0.05, 0.1) is 60.2 Å². The summed E-state index contributed by atoms with van der Waals surface area (Å²) >= 11 is 0. The molecular formula is C61H64N10O25. The number of nitrogens with zero attached hydrogens (tertiary/aromatic N) is 5. The molecule has 0 bridgehead atoms. The molecule has 35 nitrogen and oxygen atoms in total. The number of benzene rings is 5. The van der Waals surface area contributed by atoms with Gasteiger partial charge in [-0.25, -0.2) is 24.0 Å². The fraction of sp³-hybridized carbons (Fsp3) is 0.279. The minimum Gasteiger partial charge on any atom is -0.467 e. The highest BCUT2D eigenvalue weighted by Crippen LogP contribution is 2.19. The number of nitro benzene ring substituents is 5. The van der Waals surface area contributed by atoms with E-state index in [1.807, 2.05) is 0 Å². The van der Waals surface area contributed by atoms with E-state index in [2.05, 4.69) is 37.9 Å². The molecule has 0 unspecified atom stereocenters. The first-order valence-corrected chi connectivity index (χ1v) is 28.0. The highest BCUT2D eigenvalue weighted by Gasteiger charge is 2.28. The number of amides is 5. The van der Waals surface area contributed by atoms with Gasteiger partial charge >= 0.3 is 29.8 Å². The standard InChI is InChI=1S/C24H26N4O10.C24H24N4O10.C13H14N2O5/c2*1-37-23(31)19(25-21(29)15-7-11-17(12-8-15)27(33)34)5-3-4-6-20(24(32)38-2)26-22(30)16-9-13-18(14-10-16)28(35)36;1-3-4-11(13(17)20-2)14-12(16)9-5-7-10(8-6-9)15(18)19/h7-14,19-20H,3-6H2,1-2H3,(H,25,29)(H,26,30);3-4,7-14,19-20H,5-6H2,1-2H3,(H,25,29)(H,26,30);3,5-8,11H,1,4H2,2H3,(H,14,16)/t2*19-,20-;11-/m000/s1. The Hall–Kier alpha value is -12.7. The number of carbonyl (C=O) groups excluding carboxylic acids is 10. The molecule has 0 fully saturated rings. The predicted octanol–water partition coefficient (Wildman–Crippen LogP) is 5.83. The molecular weight excluding hydrogens is 1270 g/mol. The largest absolute Gasteiger partial charge is 0.467 e. The molecule has 5 amide bonds. The Bertz CT molecular complexity index is 3470. The van der Waals surface area contributed by atoms with Crippen LogP contribution in [0.1, 0.15) is 96.7 Å². The number of non-ortho nitro benzene ring substituents is 5. The summed E-state index contributed by atoms with van der Waals surface area (Å²) in [5.74, 6) is -6.57. The van der Waals surface area contributed by atoms with Crippen molar-refractivity contribution in [1.82, 2.24) is 26.6 Å². The van der Waals surface area contributed by atoms with Gasteiger partial charge in [-0.1, -0.05) is 31.1 Å². The van der Waals surface area contributed by atoms with Crippen LogP contribution in [0.4, 0.5) is 28.4 Å². The molecule has 5 N–H and O–H groups in total. The Morgan fingerprint density at radius 3 is 0.688 bits per heavy atom. The van der Waals surface area contributed by atoms with Crippen molar-refractivity contribution < 1.29 is 96.2 Å². The number of methoxy groups -OCH3 is 5. The van der Waals surface area contributed by atoms with Crippen molar-refractivity contribution in [2.24, 2.45) is 0 Å². The summed E-state index contributed by atoms with van der Waals surface area (Å²) < 4.78 is 23.5. The summed E-state index contributed by atoms with van der Waals surface area (Å²) in [6, 6.07) is 19.3. The number of unbranched alkanes of at least 4 members (excludes halogenated alkanes) is 1. The van der Waals surface area contributed by atoms with Crippen LogP contribution in [0, 0.1) is 50.6 Å². The van der Waals surface area contributed by atoms with Crippen molar-refractivity contribution in [3.05, 3.63) is 225 Å². The van der Waals surface area contributed by atoms with E-state index >= 15 is 0 Å². The lowest BCUT2D eigenvalue weighted by atomic mass is 10.0. The monoisotopic (exact) mass is 1340 g/mol. The van der Waals surface area contributed by atoms with Gasteiger partial charge in [-0.05, 0) is 92.8 Å². The van der Waals surface area contributed by atoms with Gasteiger partial charge in [0.15, 0.2) is 0 Å². The van der Waals surface area contributed by atoms with Gasteiger partial charge in [0, 0.05) is 88.5 Å². The van der Waals surface area contributed by atoms with E-state index < -0.39 is 114 Å². The van der Waals surface area contributed by atoms with Crippen molar-refractivity contribution in [2.75, 3.05) is 35.5 Å². The van der Waals surface area contributed by atoms with E-state index in [1.165, 1.54) is 122 Å². The van der Waals surface area contributed by atoms with Gasteiger partial charge in [-0.15, -0.1) is 6.58 Å². The van der Waals surface area contributed by atoms with Gasteiger partial charge < -0.3 is 50.3 Å². The molecule has 5 aromatic carbocycles. The summed E-state index contributed by atoms with van der Waals surface area (Å²) in [5.41, 5.74) is -0.260. The van der Waals surface area contributed by atoms with Gasteiger partial charge in [-0.2, -0.15) is 0 Å². The second-order valence-corrected chi connectivity index (χ2v) is 19.5. The lowest BCUT2D eigenvalue weighted by Gasteiger charge is -2.18. The maximum Gasteiger partial charge on any atom is 0.328 e. The minimum atomic E-state index is -1.11. The first-order valence-electron chi connectivity index (χ1n) is 28.0. The van der Waals surface area contributed by atoms with Crippen molar-refractivity contribution >= 4 is 87.8 Å². The number of esters is 5. The molecule has 0 saturated heterocycles. The van der Waals surface area contributed by atoms with Crippen molar-refractivity contribution in [3.8, 4) is 0 Å². The zero-order chi connectivity index (χ0) is 71.6. The van der Waals surface area contributed by atoms with Crippen LogP contribution in [0.3, 0.4) is 0 Å². The van der Waals surface area contributed by atoms with Crippen LogP contribution in [0.15, 0.2) is 146 Å². The third kappa shape index (κ3) is 25.2. The quantitative estimate of drug-likeness (QED) is 0.00869.